The van der Waals surface area contributed by atoms with Crippen molar-refractivity contribution in [2.75, 3.05) is 4.90 Å². The second-order valence-corrected chi connectivity index (χ2v) is 10.4. The lowest BCUT2D eigenvalue weighted by atomic mass is 9.83. The molecule has 2 heterocycles. The highest BCUT2D eigenvalue weighted by atomic mass is 79.9. The lowest BCUT2D eigenvalue weighted by Gasteiger charge is -2.38. The summed E-state index contributed by atoms with van der Waals surface area (Å²) < 4.78 is 30.8. The van der Waals surface area contributed by atoms with Crippen LogP contribution in [0.4, 0.5) is 14.5 Å². The van der Waals surface area contributed by atoms with Gasteiger partial charge in [-0.15, -0.1) is 0 Å². The second-order valence-electron chi connectivity index (χ2n) is 9.47. The van der Waals surface area contributed by atoms with E-state index in [-0.39, 0.29) is 18.0 Å². The number of carbonyl (C=O) groups excluding carboxylic acids is 1. The third kappa shape index (κ3) is 4.19. The topological polar surface area (TPSA) is 58.4 Å². The molecule has 1 aliphatic carbocycles. The van der Waals surface area contributed by atoms with Crippen molar-refractivity contribution in [3.8, 4) is 0 Å². The average Bonchev–Trinajstić information content (AvgIpc) is 3.14. The molecule has 5 nitrogen and oxygen atoms in total. The van der Waals surface area contributed by atoms with Crippen LogP contribution >= 0.6 is 15.9 Å². The summed E-state index contributed by atoms with van der Waals surface area (Å²) in [6.07, 6.45) is 4.71. The zero-order valence-electron chi connectivity index (χ0n) is 18.4. The van der Waals surface area contributed by atoms with Gasteiger partial charge in [-0.1, -0.05) is 15.9 Å². The Bertz CT molecular complexity index is 1220. The van der Waals surface area contributed by atoms with Crippen LogP contribution in [0.3, 0.4) is 0 Å². The maximum absolute atomic E-state index is 14.1. The van der Waals surface area contributed by atoms with Crippen molar-refractivity contribution in [2.45, 2.75) is 69.6 Å². The molecule has 2 fully saturated rings. The van der Waals surface area contributed by atoms with Crippen molar-refractivity contribution in [3.05, 3.63) is 58.3 Å². The van der Waals surface area contributed by atoms with Crippen molar-refractivity contribution in [3.63, 3.8) is 0 Å². The first kappa shape index (κ1) is 22.5. The van der Waals surface area contributed by atoms with Crippen LogP contribution in [0.1, 0.15) is 69.8 Å². The lowest BCUT2D eigenvalue weighted by Crippen LogP contribution is -2.40. The van der Waals surface area contributed by atoms with Crippen LogP contribution in [0.15, 0.2) is 40.9 Å². The summed E-state index contributed by atoms with van der Waals surface area (Å²) in [5.74, 6) is -1.28. The van der Waals surface area contributed by atoms with E-state index in [2.05, 4.69) is 20.5 Å². The molecule has 1 N–H and O–H groups in total. The predicted molar refractivity (Wildman–Crippen MR) is 126 cm³/mol. The van der Waals surface area contributed by atoms with Gasteiger partial charge in [-0.2, -0.15) is 0 Å². The zero-order valence-corrected chi connectivity index (χ0v) is 20.0. The second kappa shape index (κ2) is 8.47. The Balaban J connectivity index is 1.64. The van der Waals surface area contributed by atoms with Crippen LogP contribution in [0.2, 0.25) is 0 Å². The highest BCUT2D eigenvalue weighted by Crippen LogP contribution is 2.42. The van der Waals surface area contributed by atoms with Gasteiger partial charge in [0.1, 0.15) is 5.82 Å². The van der Waals surface area contributed by atoms with E-state index in [0.29, 0.717) is 37.8 Å². The monoisotopic (exact) mass is 517 g/mol. The van der Waals surface area contributed by atoms with Gasteiger partial charge in [0, 0.05) is 28.7 Å². The molecule has 5 rings (SSSR count). The number of aliphatic hydroxyl groups is 1. The Morgan fingerprint density at radius 2 is 1.85 bits per heavy atom. The Kier molecular flexibility index (Phi) is 5.77. The third-order valence-electron chi connectivity index (χ3n) is 7.00. The minimum absolute atomic E-state index is 0.122. The van der Waals surface area contributed by atoms with Crippen molar-refractivity contribution in [1.82, 2.24) is 9.55 Å². The summed E-state index contributed by atoms with van der Waals surface area (Å²) in [5, 5.41) is 10.5. The minimum Gasteiger partial charge on any atom is -0.390 e. The van der Waals surface area contributed by atoms with Crippen LogP contribution < -0.4 is 4.90 Å². The predicted octanol–water partition coefficient (Wildman–Crippen LogP) is 6.20. The molecule has 1 saturated heterocycles. The van der Waals surface area contributed by atoms with Crippen LogP contribution in [-0.4, -0.2) is 26.2 Å². The summed E-state index contributed by atoms with van der Waals surface area (Å²) in [4.78, 5) is 19.6. The summed E-state index contributed by atoms with van der Waals surface area (Å²) >= 11 is 3.52. The molecule has 1 aromatic heterocycles. The van der Waals surface area contributed by atoms with Crippen molar-refractivity contribution < 1.29 is 18.7 Å². The standard InChI is InChI=1S/C25H26BrF2N3O2/c1-25(33)11-9-16(10-12-25)31-21-8-5-15(26)13-20(21)29-24(31)22-3-2-4-23(32)30(22)17-6-7-18(27)19(28)14-17/h5-8,13-14,16,22,33H,2-4,9-12H2,1H3/t16-,22-,25+/m0/s1. The van der Waals surface area contributed by atoms with E-state index in [9.17, 15) is 18.7 Å². The molecular formula is C25H26BrF2N3O2. The number of fused-ring (bicyclic) bond motifs is 1. The number of imidazole rings is 1. The van der Waals surface area contributed by atoms with Gasteiger partial charge in [0.05, 0.1) is 22.7 Å². The summed E-state index contributed by atoms with van der Waals surface area (Å²) in [7, 11) is 0. The molecule has 1 saturated carbocycles. The van der Waals surface area contributed by atoms with Crippen molar-refractivity contribution in [2.24, 2.45) is 0 Å². The van der Waals surface area contributed by atoms with Gasteiger partial charge in [0.25, 0.3) is 0 Å². The Morgan fingerprint density at radius 1 is 1.09 bits per heavy atom. The third-order valence-corrected chi connectivity index (χ3v) is 7.50. The van der Waals surface area contributed by atoms with Gasteiger partial charge in [0.15, 0.2) is 11.6 Å². The Labute approximate surface area is 199 Å². The average molecular weight is 518 g/mol. The fraction of sp³-hybridized carbons (Fsp3) is 0.440. The van der Waals surface area contributed by atoms with Gasteiger partial charge in [-0.3, -0.25) is 4.79 Å². The number of benzene rings is 2. The van der Waals surface area contributed by atoms with Gasteiger partial charge < -0.3 is 14.6 Å². The van der Waals surface area contributed by atoms with Crippen LogP contribution in [0.25, 0.3) is 11.0 Å². The lowest BCUT2D eigenvalue weighted by molar-refractivity contribution is -0.120. The summed E-state index contributed by atoms with van der Waals surface area (Å²) in [5.41, 5.74) is 1.46. The molecule has 1 atom stereocenters. The van der Waals surface area contributed by atoms with E-state index < -0.39 is 17.2 Å². The molecule has 1 aliphatic heterocycles. The number of halogens is 3. The van der Waals surface area contributed by atoms with Gasteiger partial charge >= 0.3 is 0 Å². The number of piperidine rings is 1. The molecule has 174 valence electrons. The molecular weight excluding hydrogens is 492 g/mol. The first-order valence-corrected chi connectivity index (χ1v) is 12.2. The van der Waals surface area contributed by atoms with E-state index in [4.69, 9.17) is 4.98 Å². The SMILES string of the molecule is C[C@]1(O)CC[C@@H](n2c([C@@H]3CCCC(=O)N3c3ccc(F)c(F)c3)nc3cc(Br)ccc32)CC1. The quantitative estimate of drug-likeness (QED) is 0.449. The molecule has 2 aromatic carbocycles. The van der Waals surface area contributed by atoms with E-state index in [1.807, 2.05) is 25.1 Å². The number of hydrogen-bond acceptors (Lipinski definition) is 3. The first-order valence-electron chi connectivity index (χ1n) is 11.4. The summed E-state index contributed by atoms with van der Waals surface area (Å²) in [6, 6.07) is 9.31. The molecule has 0 bridgehead atoms. The van der Waals surface area contributed by atoms with E-state index in [1.165, 1.54) is 6.07 Å². The Hall–Kier alpha value is -2.32. The van der Waals surface area contributed by atoms with Crippen LogP contribution in [0.5, 0.6) is 0 Å². The number of rotatable bonds is 3. The van der Waals surface area contributed by atoms with Crippen LogP contribution in [-0.2, 0) is 4.79 Å². The van der Waals surface area contributed by atoms with E-state index in [0.717, 1.165) is 46.3 Å². The molecule has 1 amide bonds. The number of anilines is 1. The highest BCUT2D eigenvalue weighted by Gasteiger charge is 2.37. The molecule has 8 heteroatoms. The fourth-order valence-electron chi connectivity index (χ4n) is 5.27. The number of carbonyl (C=O) groups is 1. The van der Waals surface area contributed by atoms with Crippen LogP contribution in [0, 0.1) is 11.6 Å². The maximum atomic E-state index is 14.1. The smallest absolute Gasteiger partial charge is 0.227 e. The number of amides is 1. The molecule has 0 spiro atoms. The number of nitrogens with zero attached hydrogens (tertiary/aromatic N) is 3. The molecule has 3 aromatic rings. The Morgan fingerprint density at radius 3 is 2.58 bits per heavy atom. The molecule has 0 unspecified atom stereocenters. The molecule has 2 aliphatic rings. The normalized spacial score (nSPS) is 26.2. The number of aromatic nitrogens is 2. The van der Waals surface area contributed by atoms with Gasteiger partial charge in [-0.05, 0) is 75.8 Å². The van der Waals surface area contributed by atoms with E-state index in [1.54, 1.807) is 4.90 Å². The zero-order chi connectivity index (χ0) is 23.3. The largest absolute Gasteiger partial charge is 0.390 e. The number of hydrogen-bond donors (Lipinski definition) is 1. The van der Waals surface area contributed by atoms with E-state index >= 15 is 0 Å². The van der Waals surface area contributed by atoms with Gasteiger partial charge in [-0.25, -0.2) is 13.8 Å². The van der Waals surface area contributed by atoms with Crippen molar-refractivity contribution >= 4 is 38.6 Å². The van der Waals surface area contributed by atoms with Crippen molar-refractivity contribution in [1.29, 1.82) is 0 Å². The highest BCUT2D eigenvalue weighted by molar-refractivity contribution is 9.10. The molecule has 33 heavy (non-hydrogen) atoms. The van der Waals surface area contributed by atoms with Gasteiger partial charge in [0.2, 0.25) is 5.91 Å². The fourth-order valence-corrected chi connectivity index (χ4v) is 5.61. The maximum Gasteiger partial charge on any atom is 0.227 e. The first-order chi connectivity index (χ1) is 15.7. The minimum atomic E-state index is -0.975. The molecule has 0 radical (unpaired) electrons. The summed E-state index contributed by atoms with van der Waals surface area (Å²) in [6.45, 7) is 1.87.